The van der Waals surface area contributed by atoms with Crippen molar-refractivity contribution in [2.75, 3.05) is 4.72 Å². The van der Waals surface area contributed by atoms with Gasteiger partial charge in [0.2, 0.25) is 0 Å². The Balaban J connectivity index is 0.00000245. The first-order chi connectivity index (χ1) is 14.9. The van der Waals surface area contributed by atoms with Crippen LogP contribution in [0.1, 0.15) is 0 Å². The number of rotatable bonds is 5. The van der Waals surface area contributed by atoms with Crippen molar-refractivity contribution in [3.63, 3.8) is 0 Å². The summed E-state index contributed by atoms with van der Waals surface area (Å²) in [7, 11) is -3.99. The number of hydrogen-bond acceptors (Lipinski definition) is 7. The lowest BCUT2D eigenvalue weighted by Gasteiger charge is -2.14. The molecule has 0 atom stereocenters. The van der Waals surface area contributed by atoms with Gasteiger partial charge in [-0.3, -0.25) is 9.82 Å². The first kappa shape index (κ1) is 21.7. The lowest BCUT2D eigenvalue weighted by Crippen LogP contribution is -2.13. The van der Waals surface area contributed by atoms with Gasteiger partial charge in [0.1, 0.15) is 12.1 Å². The third-order valence-corrected chi connectivity index (χ3v) is 6.91. The largest absolute Gasteiger partial charge is 0.506 e. The van der Waals surface area contributed by atoms with Gasteiger partial charge in [-0.15, -0.1) is 12.4 Å². The molecular formula is C19H15ClN6O4S2. The van der Waals surface area contributed by atoms with E-state index in [-0.39, 0.29) is 28.7 Å². The highest BCUT2D eigenvalue weighted by atomic mass is 35.5. The number of sulfonamides is 1. The minimum absolute atomic E-state index is 0. The molecule has 164 valence electrons. The maximum absolute atomic E-state index is 13.1. The molecule has 0 saturated heterocycles. The van der Waals surface area contributed by atoms with Crippen molar-refractivity contribution >= 4 is 61.7 Å². The Labute approximate surface area is 190 Å². The zero-order valence-corrected chi connectivity index (χ0v) is 18.4. The zero-order valence-electron chi connectivity index (χ0n) is 16.0. The molecule has 0 amide bonds. The van der Waals surface area contributed by atoms with Crippen LogP contribution in [0.5, 0.6) is 5.75 Å². The van der Waals surface area contributed by atoms with Gasteiger partial charge >= 0.3 is 5.69 Å². The average Bonchev–Trinajstić information content (AvgIpc) is 3.39. The van der Waals surface area contributed by atoms with Gasteiger partial charge in [-0.2, -0.15) is 5.10 Å². The summed E-state index contributed by atoms with van der Waals surface area (Å²) in [5.41, 5.74) is 0.754. The highest BCUT2D eigenvalue weighted by molar-refractivity contribution is 7.99. The Morgan fingerprint density at radius 2 is 1.75 bits per heavy atom. The van der Waals surface area contributed by atoms with E-state index in [0.29, 0.717) is 31.9 Å². The van der Waals surface area contributed by atoms with E-state index in [9.17, 15) is 18.3 Å². The minimum atomic E-state index is -3.99. The second-order valence-corrected chi connectivity index (χ2v) is 9.31. The molecule has 0 fully saturated rings. The Morgan fingerprint density at radius 1 is 1.00 bits per heavy atom. The summed E-state index contributed by atoms with van der Waals surface area (Å²) in [6, 6.07) is 12.7. The molecule has 32 heavy (non-hydrogen) atoms. The average molecular weight is 491 g/mol. The molecule has 5 rings (SSSR count). The summed E-state index contributed by atoms with van der Waals surface area (Å²) in [6.45, 7) is 0. The van der Waals surface area contributed by atoms with Gasteiger partial charge in [0.25, 0.3) is 10.0 Å². The SMILES string of the molecule is Cl.O=c1[nH]c2ccc(S(=O)(=O)Nc3cc(Sc4ncn[nH]4)c(O)c4ccccc34)cc2[nH]1. The molecule has 5 N–H and O–H groups in total. The van der Waals surface area contributed by atoms with Gasteiger partial charge in [-0.1, -0.05) is 24.3 Å². The summed E-state index contributed by atoms with van der Waals surface area (Å²) in [5.74, 6) is 0.00580. The Hall–Kier alpha value is -3.48. The van der Waals surface area contributed by atoms with Crippen molar-refractivity contribution in [2.24, 2.45) is 0 Å². The number of phenolic OH excluding ortho intramolecular Hbond substituents is 1. The van der Waals surface area contributed by atoms with Gasteiger partial charge < -0.3 is 15.1 Å². The normalized spacial score (nSPS) is 11.5. The van der Waals surface area contributed by atoms with Gasteiger partial charge in [-0.25, -0.2) is 18.2 Å². The molecule has 3 aromatic carbocycles. The van der Waals surface area contributed by atoms with Crippen LogP contribution in [-0.2, 0) is 10.0 Å². The highest BCUT2D eigenvalue weighted by Crippen LogP contribution is 2.42. The molecule has 0 aliphatic heterocycles. The number of nitrogens with zero attached hydrogens (tertiary/aromatic N) is 2. The van der Waals surface area contributed by atoms with Crippen molar-refractivity contribution in [1.29, 1.82) is 0 Å². The summed E-state index contributed by atoms with van der Waals surface area (Å²) in [4.78, 5) is 21.0. The topological polar surface area (TPSA) is 157 Å². The fourth-order valence-corrected chi connectivity index (χ4v) is 5.11. The maximum Gasteiger partial charge on any atom is 0.323 e. The molecule has 13 heteroatoms. The van der Waals surface area contributed by atoms with Crippen LogP contribution in [0.15, 0.2) is 74.6 Å². The summed E-state index contributed by atoms with van der Waals surface area (Å²) in [5, 5.41) is 18.6. The number of nitrogens with one attached hydrogen (secondary N) is 4. The Bertz CT molecular complexity index is 1600. The number of phenols is 1. The highest BCUT2D eigenvalue weighted by Gasteiger charge is 2.20. The van der Waals surface area contributed by atoms with E-state index >= 15 is 0 Å². The lowest BCUT2D eigenvalue weighted by atomic mass is 10.1. The molecule has 10 nitrogen and oxygen atoms in total. The quantitative estimate of drug-likeness (QED) is 0.237. The third kappa shape index (κ3) is 3.90. The van der Waals surface area contributed by atoms with Crippen LogP contribution < -0.4 is 10.4 Å². The molecule has 0 aliphatic rings. The number of imidazole rings is 1. The number of benzene rings is 3. The predicted octanol–water partition coefficient (Wildman–Crippen LogP) is 3.21. The van der Waals surface area contributed by atoms with Crippen LogP contribution in [0, 0.1) is 0 Å². The molecular weight excluding hydrogens is 476 g/mol. The Morgan fingerprint density at radius 3 is 2.50 bits per heavy atom. The van der Waals surface area contributed by atoms with Gasteiger partial charge in [0.15, 0.2) is 5.16 Å². The number of halogens is 1. The van der Waals surface area contributed by atoms with E-state index in [4.69, 9.17) is 0 Å². The monoisotopic (exact) mass is 490 g/mol. The second-order valence-electron chi connectivity index (χ2n) is 6.60. The van der Waals surface area contributed by atoms with Crippen LogP contribution in [0.25, 0.3) is 21.8 Å². The van der Waals surface area contributed by atoms with Crippen LogP contribution >= 0.6 is 24.2 Å². The smallest absolute Gasteiger partial charge is 0.323 e. The molecule has 2 aromatic heterocycles. The van der Waals surface area contributed by atoms with Crippen LogP contribution in [0.4, 0.5) is 5.69 Å². The predicted molar refractivity (Wildman–Crippen MR) is 123 cm³/mol. The fourth-order valence-electron chi connectivity index (χ4n) is 3.23. The van der Waals surface area contributed by atoms with Crippen molar-refractivity contribution in [3.05, 3.63) is 65.3 Å². The molecule has 2 heterocycles. The van der Waals surface area contributed by atoms with Crippen molar-refractivity contribution < 1.29 is 13.5 Å². The van der Waals surface area contributed by atoms with E-state index in [1.165, 1.54) is 24.5 Å². The standard InChI is InChI=1S/C19H14N6O4S2.ClH/c26-17-12-4-2-1-3-11(12)14(8-16(17)30-19-20-9-21-24-19)25-31(28,29)10-5-6-13-15(7-10)23-18(27)22-13;/h1-9,25-26H,(H,20,21,24)(H2,22,23,27);1H. The molecule has 0 radical (unpaired) electrons. The number of fused-ring (bicyclic) bond motifs is 2. The van der Waals surface area contributed by atoms with Crippen molar-refractivity contribution in [2.45, 2.75) is 14.9 Å². The number of aromatic hydroxyl groups is 1. The summed E-state index contributed by atoms with van der Waals surface area (Å²) < 4.78 is 28.8. The number of anilines is 1. The van der Waals surface area contributed by atoms with Gasteiger partial charge in [0, 0.05) is 10.8 Å². The van der Waals surface area contributed by atoms with E-state index in [1.807, 2.05) is 0 Å². The zero-order chi connectivity index (χ0) is 21.6. The molecule has 0 unspecified atom stereocenters. The molecule has 0 saturated carbocycles. The van der Waals surface area contributed by atoms with E-state index in [2.05, 4.69) is 29.9 Å². The molecule has 5 aromatic rings. The van der Waals surface area contributed by atoms with Gasteiger partial charge in [-0.05, 0) is 36.0 Å². The van der Waals surface area contributed by atoms with Crippen LogP contribution in [-0.4, -0.2) is 38.7 Å². The van der Waals surface area contributed by atoms with E-state index < -0.39 is 15.7 Å². The number of aromatic amines is 3. The Kier molecular flexibility index (Phi) is 5.59. The van der Waals surface area contributed by atoms with E-state index in [0.717, 1.165) is 11.8 Å². The van der Waals surface area contributed by atoms with E-state index in [1.54, 1.807) is 30.3 Å². The fraction of sp³-hybridized carbons (Fsp3) is 0. The first-order valence-corrected chi connectivity index (χ1v) is 11.2. The number of H-pyrrole nitrogens is 3. The molecule has 0 spiro atoms. The van der Waals surface area contributed by atoms with Gasteiger partial charge in [0.05, 0.1) is 26.5 Å². The number of hydrogen-bond donors (Lipinski definition) is 5. The van der Waals surface area contributed by atoms with Crippen molar-refractivity contribution in [1.82, 2.24) is 25.1 Å². The second kappa shape index (κ2) is 8.22. The van der Waals surface area contributed by atoms with Crippen LogP contribution in [0.3, 0.4) is 0 Å². The number of aromatic nitrogens is 5. The lowest BCUT2D eigenvalue weighted by molar-refractivity contribution is 0.469. The molecule has 0 bridgehead atoms. The third-order valence-electron chi connectivity index (χ3n) is 4.62. The van der Waals surface area contributed by atoms with Crippen LogP contribution in [0.2, 0.25) is 0 Å². The van der Waals surface area contributed by atoms with Crippen molar-refractivity contribution in [3.8, 4) is 5.75 Å². The summed E-state index contributed by atoms with van der Waals surface area (Å²) in [6.07, 6.45) is 1.34. The minimum Gasteiger partial charge on any atom is -0.506 e. The summed E-state index contributed by atoms with van der Waals surface area (Å²) >= 11 is 1.12. The maximum atomic E-state index is 13.1. The molecule has 0 aliphatic carbocycles. The first-order valence-electron chi connectivity index (χ1n) is 8.93.